The number of carbonyl (C=O) groups excluding carboxylic acids is 3. The van der Waals surface area contributed by atoms with E-state index < -0.39 is 24.3 Å². The second-order valence-electron chi connectivity index (χ2n) is 8.81. The van der Waals surface area contributed by atoms with Crippen molar-refractivity contribution in [1.29, 1.82) is 0 Å². The van der Waals surface area contributed by atoms with Crippen molar-refractivity contribution in [3.63, 3.8) is 0 Å². The van der Waals surface area contributed by atoms with Crippen LogP contribution in [0.4, 0.5) is 15.5 Å². The summed E-state index contributed by atoms with van der Waals surface area (Å²) in [6.07, 6.45) is -0.502. The first kappa shape index (κ1) is 28.5. The van der Waals surface area contributed by atoms with E-state index in [2.05, 4.69) is 0 Å². The van der Waals surface area contributed by atoms with E-state index in [1.54, 1.807) is 31.2 Å². The van der Waals surface area contributed by atoms with E-state index in [1.807, 2.05) is 50.2 Å². The molecule has 2 aromatic carbocycles. The SMILES string of the molecule is CCOC(=O)c1sc(N(C(=O)OCc2ccccc2)c2ccccc2)c2c1CCC(C(OCC)OCC)C2=O. The number of Topliss-reactive ketones (excluding diaryl/α,β-unsaturated/α-hetero) is 1. The Morgan fingerprint density at radius 2 is 1.56 bits per heavy atom. The highest BCUT2D eigenvalue weighted by atomic mass is 32.1. The number of thiophene rings is 1. The van der Waals surface area contributed by atoms with Crippen LogP contribution in [0.1, 0.15) is 58.3 Å². The second kappa shape index (κ2) is 13.5. The molecule has 39 heavy (non-hydrogen) atoms. The molecule has 0 saturated carbocycles. The van der Waals surface area contributed by atoms with Gasteiger partial charge < -0.3 is 18.9 Å². The fourth-order valence-corrected chi connectivity index (χ4v) is 5.87. The summed E-state index contributed by atoms with van der Waals surface area (Å²) >= 11 is 1.07. The van der Waals surface area contributed by atoms with E-state index in [9.17, 15) is 14.4 Å². The summed E-state index contributed by atoms with van der Waals surface area (Å²) in [5, 5.41) is 0.318. The maximum absolute atomic E-state index is 14.1. The fourth-order valence-electron chi connectivity index (χ4n) is 4.61. The number of ketones is 1. The molecule has 0 saturated heterocycles. The summed E-state index contributed by atoms with van der Waals surface area (Å²) < 4.78 is 22.6. The average molecular weight is 552 g/mol. The summed E-state index contributed by atoms with van der Waals surface area (Å²) in [4.78, 5) is 42.4. The van der Waals surface area contributed by atoms with Crippen molar-refractivity contribution in [2.24, 2.45) is 5.92 Å². The van der Waals surface area contributed by atoms with Crippen LogP contribution in [0.25, 0.3) is 0 Å². The highest BCUT2D eigenvalue weighted by Gasteiger charge is 2.42. The Hall–Kier alpha value is -3.53. The van der Waals surface area contributed by atoms with Gasteiger partial charge in [0, 0.05) is 13.2 Å². The summed E-state index contributed by atoms with van der Waals surface area (Å²) in [5.41, 5.74) is 2.23. The van der Waals surface area contributed by atoms with Gasteiger partial charge in [0.25, 0.3) is 0 Å². The second-order valence-corrected chi connectivity index (χ2v) is 9.81. The Morgan fingerprint density at radius 1 is 0.923 bits per heavy atom. The summed E-state index contributed by atoms with van der Waals surface area (Å²) in [6.45, 7) is 6.43. The molecule has 0 fully saturated rings. The molecule has 206 valence electrons. The number of fused-ring (bicyclic) bond motifs is 1. The van der Waals surface area contributed by atoms with Crippen LogP contribution in [0.5, 0.6) is 0 Å². The molecule has 1 aliphatic carbocycles. The highest BCUT2D eigenvalue weighted by molar-refractivity contribution is 7.18. The lowest BCUT2D eigenvalue weighted by Gasteiger charge is -2.30. The molecule has 1 heterocycles. The predicted molar refractivity (Wildman–Crippen MR) is 149 cm³/mol. The number of amides is 1. The Labute approximate surface area is 232 Å². The lowest BCUT2D eigenvalue weighted by atomic mass is 9.82. The molecule has 9 heteroatoms. The number of hydrogen-bond acceptors (Lipinski definition) is 8. The van der Waals surface area contributed by atoms with Crippen LogP contribution in [-0.4, -0.2) is 44.0 Å². The zero-order chi connectivity index (χ0) is 27.8. The summed E-state index contributed by atoms with van der Waals surface area (Å²) in [5.74, 6) is -1.34. The van der Waals surface area contributed by atoms with E-state index >= 15 is 0 Å². The predicted octanol–water partition coefficient (Wildman–Crippen LogP) is 6.54. The first-order valence-corrected chi connectivity index (χ1v) is 14.0. The first-order valence-electron chi connectivity index (χ1n) is 13.2. The van der Waals surface area contributed by atoms with E-state index in [4.69, 9.17) is 18.9 Å². The molecule has 1 amide bonds. The van der Waals surface area contributed by atoms with Crippen molar-refractivity contribution in [1.82, 2.24) is 0 Å². The zero-order valence-corrected chi connectivity index (χ0v) is 23.2. The molecule has 8 nitrogen and oxygen atoms in total. The van der Waals surface area contributed by atoms with Gasteiger partial charge in [-0.25, -0.2) is 14.5 Å². The van der Waals surface area contributed by atoms with Crippen LogP contribution >= 0.6 is 11.3 Å². The maximum atomic E-state index is 14.1. The number of rotatable bonds is 11. The molecule has 1 aromatic heterocycles. The lowest BCUT2D eigenvalue weighted by Crippen LogP contribution is -2.37. The van der Waals surface area contributed by atoms with Gasteiger partial charge in [-0.05, 0) is 56.9 Å². The monoisotopic (exact) mass is 551 g/mol. The minimum absolute atomic E-state index is 0.0502. The molecule has 1 aliphatic rings. The Bertz CT molecular complexity index is 1270. The minimum atomic E-state index is -0.727. The third-order valence-corrected chi connectivity index (χ3v) is 7.53. The van der Waals surface area contributed by atoms with Gasteiger partial charge in [0.05, 0.1) is 23.8 Å². The summed E-state index contributed by atoms with van der Waals surface area (Å²) in [7, 11) is 0. The molecule has 1 unspecified atom stereocenters. The molecule has 3 aromatic rings. The standard InChI is InChI=1S/C30H33NO7S/c1-4-35-28(33)26-22-17-18-23(29(36-5-2)37-6-3)25(32)24(22)27(39-26)31(21-15-11-8-12-16-21)30(34)38-19-20-13-9-7-10-14-20/h7-16,23,29H,4-6,17-19H2,1-3H3. The van der Waals surface area contributed by atoms with Gasteiger partial charge in [0.2, 0.25) is 0 Å². The average Bonchev–Trinajstić information content (AvgIpc) is 3.34. The number of ether oxygens (including phenoxy) is 4. The number of benzene rings is 2. The van der Waals surface area contributed by atoms with Gasteiger partial charge in [0.1, 0.15) is 16.5 Å². The Kier molecular flexibility index (Phi) is 9.86. The van der Waals surface area contributed by atoms with Crippen LogP contribution < -0.4 is 4.90 Å². The molecule has 0 radical (unpaired) electrons. The number of esters is 1. The van der Waals surface area contributed by atoms with Gasteiger partial charge in [-0.3, -0.25) is 4.79 Å². The zero-order valence-electron chi connectivity index (χ0n) is 22.4. The lowest BCUT2D eigenvalue weighted by molar-refractivity contribution is -0.158. The highest BCUT2D eigenvalue weighted by Crippen LogP contribution is 2.45. The number of carbonyl (C=O) groups is 3. The largest absolute Gasteiger partial charge is 0.462 e. The Balaban J connectivity index is 1.80. The van der Waals surface area contributed by atoms with Gasteiger partial charge in [-0.2, -0.15) is 0 Å². The van der Waals surface area contributed by atoms with Crippen LogP contribution in [0.2, 0.25) is 0 Å². The molecule has 0 aliphatic heterocycles. The number of nitrogens with zero attached hydrogens (tertiary/aromatic N) is 1. The molecule has 0 N–H and O–H groups in total. The van der Waals surface area contributed by atoms with Gasteiger partial charge in [-0.1, -0.05) is 48.5 Å². The number of anilines is 2. The van der Waals surface area contributed by atoms with Gasteiger partial charge >= 0.3 is 12.1 Å². The quantitative estimate of drug-likeness (QED) is 0.197. The fraction of sp³-hybridized carbons (Fsp3) is 0.367. The third-order valence-electron chi connectivity index (χ3n) is 6.33. The van der Waals surface area contributed by atoms with Crippen LogP contribution in [0.3, 0.4) is 0 Å². The van der Waals surface area contributed by atoms with Crippen molar-refractivity contribution >= 4 is 39.9 Å². The third kappa shape index (κ3) is 6.38. The molecule has 0 spiro atoms. The topological polar surface area (TPSA) is 91.4 Å². The summed E-state index contributed by atoms with van der Waals surface area (Å²) in [6, 6.07) is 18.3. The molecule has 1 atom stereocenters. The normalized spacial score (nSPS) is 14.7. The smallest absolute Gasteiger partial charge is 0.419 e. The number of para-hydroxylation sites is 1. The minimum Gasteiger partial charge on any atom is -0.462 e. The van der Waals surface area contributed by atoms with Crippen LogP contribution in [-0.2, 0) is 32.0 Å². The molecular weight excluding hydrogens is 518 g/mol. The maximum Gasteiger partial charge on any atom is 0.419 e. The van der Waals surface area contributed by atoms with Crippen molar-refractivity contribution in [3.05, 3.63) is 82.2 Å². The van der Waals surface area contributed by atoms with Crippen molar-refractivity contribution in [2.45, 2.75) is 46.5 Å². The van der Waals surface area contributed by atoms with Crippen molar-refractivity contribution < 1.29 is 33.3 Å². The van der Waals surface area contributed by atoms with Crippen molar-refractivity contribution in [2.75, 3.05) is 24.7 Å². The molecule has 4 rings (SSSR count). The van der Waals surface area contributed by atoms with Crippen molar-refractivity contribution in [3.8, 4) is 0 Å². The number of hydrogen-bond donors (Lipinski definition) is 0. The van der Waals surface area contributed by atoms with E-state index in [0.29, 0.717) is 52.7 Å². The van der Waals surface area contributed by atoms with E-state index in [0.717, 1.165) is 16.9 Å². The van der Waals surface area contributed by atoms with E-state index in [1.165, 1.54) is 4.90 Å². The van der Waals surface area contributed by atoms with Crippen LogP contribution in [0.15, 0.2) is 60.7 Å². The first-order chi connectivity index (χ1) is 19.0. The molecular formula is C30H33NO7S. The Morgan fingerprint density at radius 3 is 2.18 bits per heavy atom. The van der Waals surface area contributed by atoms with Gasteiger partial charge in [0.15, 0.2) is 12.1 Å². The van der Waals surface area contributed by atoms with E-state index in [-0.39, 0.29) is 19.0 Å². The van der Waals surface area contributed by atoms with Gasteiger partial charge in [-0.15, -0.1) is 11.3 Å². The van der Waals surface area contributed by atoms with Crippen LogP contribution in [0, 0.1) is 5.92 Å². The molecule has 0 bridgehead atoms.